The van der Waals surface area contributed by atoms with E-state index in [9.17, 15) is 9.59 Å². The summed E-state index contributed by atoms with van der Waals surface area (Å²) >= 11 is 1.34. The molecule has 8 nitrogen and oxygen atoms in total. The Balaban J connectivity index is 1.43. The third-order valence-electron chi connectivity index (χ3n) is 4.52. The molecule has 1 aromatic carbocycles. The van der Waals surface area contributed by atoms with Crippen molar-refractivity contribution in [1.29, 1.82) is 0 Å². The molecule has 3 heterocycles. The minimum absolute atomic E-state index is 0.106. The van der Waals surface area contributed by atoms with Gasteiger partial charge in [0.05, 0.1) is 0 Å². The molecule has 28 heavy (non-hydrogen) atoms. The van der Waals surface area contributed by atoms with Crippen molar-refractivity contribution in [3.05, 3.63) is 51.9 Å². The summed E-state index contributed by atoms with van der Waals surface area (Å²) < 4.78 is 6.72. The fraction of sp³-hybridized carbons (Fsp3) is 0.368. The van der Waals surface area contributed by atoms with Crippen LogP contribution < -0.4 is 16.2 Å². The van der Waals surface area contributed by atoms with Crippen molar-refractivity contribution in [2.45, 2.75) is 38.8 Å². The predicted molar refractivity (Wildman–Crippen MR) is 108 cm³/mol. The van der Waals surface area contributed by atoms with Crippen LogP contribution in [0.2, 0.25) is 0 Å². The number of fused-ring (bicyclic) bond motifs is 1. The lowest BCUT2D eigenvalue weighted by Gasteiger charge is -2.11. The molecule has 0 bridgehead atoms. The van der Waals surface area contributed by atoms with Crippen LogP contribution >= 0.6 is 11.3 Å². The lowest BCUT2D eigenvalue weighted by molar-refractivity contribution is -0.124. The van der Waals surface area contributed by atoms with E-state index in [4.69, 9.17) is 4.74 Å². The van der Waals surface area contributed by atoms with Gasteiger partial charge in [0.1, 0.15) is 6.10 Å². The highest BCUT2D eigenvalue weighted by Crippen LogP contribution is 2.19. The number of rotatable bonds is 6. The molecule has 1 fully saturated rings. The van der Waals surface area contributed by atoms with Crippen LogP contribution in [0.4, 0.5) is 10.8 Å². The molecule has 1 aliphatic heterocycles. The Morgan fingerprint density at radius 3 is 3.07 bits per heavy atom. The van der Waals surface area contributed by atoms with E-state index in [-0.39, 0.29) is 17.6 Å². The van der Waals surface area contributed by atoms with Crippen molar-refractivity contribution in [3.8, 4) is 0 Å². The molecule has 0 radical (unpaired) electrons. The zero-order valence-corrected chi connectivity index (χ0v) is 16.3. The number of hydrogen-bond acceptors (Lipinski definition) is 7. The van der Waals surface area contributed by atoms with E-state index >= 15 is 0 Å². The normalized spacial score (nSPS) is 16.4. The molecule has 1 amide bonds. The van der Waals surface area contributed by atoms with Crippen molar-refractivity contribution < 1.29 is 9.53 Å². The number of amides is 1. The Labute approximate surface area is 165 Å². The molecule has 1 unspecified atom stereocenters. The summed E-state index contributed by atoms with van der Waals surface area (Å²) in [5.74, 6) is -0.106. The summed E-state index contributed by atoms with van der Waals surface area (Å²) in [7, 11) is 0. The number of aromatic nitrogens is 3. The van der Waals surface area contributed by atoms with Gasteiger partial charge in [-0.15, -0.1) is 5.10 Å². The largest absolute Gasteiger partial charge is 0.368 e. The average molecular weight is 399 g/mol. The number of nitrogens with one attached hydrogen (secondary N) is 2. The van der Waals surface area contributed by atoms with E-state index < -0.39 is 0 Å². The topological polar surface area (TPSA) is 97.6 Å². The van der Waals surface area contributed by atoms with Crippen LogP contribution in [0.3, 0.4) is 0 Å². The molecule has 0 aliphatic carbocycles. The number of benzene rings is 1. The van der Waals surface area contributed by atoms with Crippen LogP contribution in [-0.2, 0) is 22.5 Å². The Hall–Kier alpha value is -2.78. The van der Waals surface area contributed by atoms with E-state index in [0.29, 0.717) is 29.7 Å². The van der Waals surface area contributed by atoms with E-state index in [2.05, 4.69) is 20.7 Å². The maximum absolute atomic E-state index is 12.2. The molecular formula is C19H21N5O3S. The number of ether oxygens (including phenoxy) is 1. The summed E-state index contributed by atoms with van der Waals surface area (Å²) in [5, 5.41) is 11.0. The van der Waals surface area contributed by atoms with Gasteiger partial charge in [0.25, 0.3) is 11.5 Å². The summed E-state index contributed by atoms with van der Waals surface area (Å²) in [6, 6.07) is 9.12. The first-order valence-electron chi connectivity index (χ1n) is 9.27. The fourth-order valence-corrected chi connectivity index (χ4v) is 3.87. The molecule has 2 aromatic heterocycles. The van der Waals surface area contributed by atoms with Gasteiger partial charge in [0, 0.05) is 30.6 Å². The molecule has 1 aliphatic rings. The second-order valence-corrected chi connectivity index (χ2v) is 7.54. The monoisotopic (exact) mass is 399 g/mol. The van der Waals surface area contributed by atoms with Gasteiger partial charge in [-0.25, -0.2) is 4.98 Å². The first-order valence-corrected chi connectivity index (χ1v) is 10.1. The van der Waals surface area contributed by atoms with Crippen LogP contribution in [0.1, 0.15) is 31.0 Å². The summed E-state index contributed by atoms with van der Waals surface area (Å²) in [6.07, 6.45) is 2.03. The molecule has 1 saturated heterocycles. The predicted octanol–water partition coefficient (Wildman–Crippen LogP) is 2.44. The molecule has 2 N–H and O–H groups in total. The molecule has 0 spiro atoms. The number of hydrogen-bond donors (Lipinski definition) is 2. The van der Waals surface area contributed by atoms with E-state index in [1.807, 2.05) is 31.2 Å². The minimum atomic E-state index is -0.358. The van der Waals surface area contributed by atoms with Gasteiger partial charge in [0.2, 0.25) is 10.1 Å². The van der Waals surface area contributed by atoms with Gasteiger partial charge in [-0.05, 0) is 37.0 Å². The first-order chi connectivity index (χ1) is 13.6. The second-order valence-electron chi connectivity index (χ2n) is 6.59. The van der Waals surface area contributed by atoms with Gasteiger partial charge in [-0.2, -0.15) is 4.52 Å². The van der Waals surface area contributed by atoms with E-state index in [1.54, 1.807) is 0 Å². The maximum atomic E-state index is 12.2. The van der Waals surface area contributed by atoms with Crippen molar-refractivity contribution >= 4 is 33.0 Å². The highest BCUT2D eigenvalue weighted by Gasteiger charge is 2.23. The van der Waals surface area contributed by atoms with Gasteiger partial charge in [0.15, 0.2) is 0 Å². The average Bonchev–Trinajstić information content (AvgIpc) is 3.36. The number of carbonyl (C=O) groups excluding carboxylic acids is 1. The SMILES string of the molecule is CCc1cc(=O)n2nc(NCc3cccc(NC(=O)C4CCCO4)c3)sc2n1. The van der Waals surface area contributed by atoms with Crippen LogP contribution in [-0.4, -0.2) is 33.2 Å². The minimum Gasteiger partial charge on any atom is -0.368 e. The van der Waals surface area contributed by atoms with Crippen molar-refractivity contribution in [3.63, 3.8) is 0 Å². The highest BCUT2D eigenvalue weighted by molar-refractivity contribution is 7.20. The summed E-state index contributed by atoms with van der Waals surface area (Å²) in [6.45, 7) is 3.11. The standard InChI is InChI=1S/C19H21N5O3S/c1-2-13-10-16(25)24-19(22-13)28-18(23-24)20-11-12-5-3-6-14(9-12)21-17(26)15-7-4-8-27-15/h3,5-6,9-10,15H,2,4,7-8,11H2,1H3,(H,20,23)(H,21,26). The van der Waals surface area contributed by atoms with Crippen LogP contribution in [0, 0.1) is 0 Å². The first kappa shape index (κ1) is 18.6. The Kier molecular flexibility index (Phi) is 5.36. The molecule has 0 saturated carbocycles. The molecule has 9 heteroatoms. The lowest BCUT2D eigenvalue weighted by Crippen LogP contribution is -2.26. The smallest absolute Gasteiger partial charge is 0.275 e. The Morgan fingerprint density at radius 2 is 2.29 bits per heavy atom. The third-order valence-corrected chi connectivity index (χ3v) is 5.39. The zero-order valence-electron chi connectivity index (χ0n) is 15.5. The molecule has 4 rings (SSSR count). The lowest BCUT2D eigenvalue weighted by atomic mass is 10.2. The van der Waals surface area contributed by atoms with Crippen LogP contribution in [0.15, 0.2) is 35.1 Å². The Bertz CT molecular complexity index is 1060. The third kappa shape index (κ3) is 4.05. The molecule has 1 atom stereocenters. The van der Waals surface area contributed by atoms with Crippen molar-refractivity contribution in [1.82, 2.24) is 14.6 Å². The number of aryl methyl sites for hydroxylation is 1. The summed E-state index contributed by atoms with van der Waals surface area (Å²) in [5.41, 5.74) is 2.30. The quantitative estimate of drug-likeness (QED) is 0.661. The maximum Gasteiger partial charge on any atom is 0.275 e. The molecule has 146 valence electrons. The Morgan fingerprint density at radius 1 is 1.39 bits per heavy atom. The highest BCUT2D eigenvalue weighted by atomic mass is 32.1. The number of anilines is 2. The summed E-state index contributed by atoms with van der Waals surface area (Å²) in [4.78, 5) is 29.3. The number of nitrogens with zero attached hydrogens (tertiary/aromatic N) is 3. The zero-order chi connectivity index (χ0) is 19.5. The van der Waals surface area contributed by atoms with Gasteiger partial charge in [-0.1, -0.05) is 30.4 Å². The fourth-order valence-electron chi connectivity index (χ4n) is 3.05. The van der Waals surface area contributed by atoms with Gasteiger partial charge in [-0.3, -0.25) is 9.59 Å². The molecule has 3 aromatic rings. The van der Waals surface area contributed by atoms with E-state index in [1.165, 1.54) is 21.9 Å². The van der Waals surface area contributed by atoms with E-state index in [0.717, 1.165) is 29.8 Å². The number of carbonyl (C=O) groups is 1. The van der Waals surface area contributed by atoms with Crippen molar-refractivity contribution in [2.24, 2.45) is 0 Å². The van der Waals surface area contributed by atoms with Crippen molar-refractivity contribution in [2.75, 3.05) is 17.2 Å². The second kappa shape index (κ2) is 8.07. The van der Waals surface area contributed by atoms with Gasteiger partial charge >= 0.3 is 0 Å². The van der Waals surface area contributed by atoms with Crippen LogP contribution in [0.5, 0.6) is 0 Å². The molecular weight excluding hydrogens is 378 g/mol. The van der Waals surface area contributed by atoms with Gasteiger partial charge < -0.3 is 15.4 Å². The van der Waals surface area contributed by atoms with Crippen LogP contribution in [0.25, 0.3) is 4.96 Å².